The van der Waals surface area contributed by atoms with Crippen molar-refractivity contribution in [3.05, 3.63) is 18.0 Å². The first-order valence-corrected chi connectivity index (χ1v) is 12.6. The normalized spacial score (nSPS) is 26.3. The van der Waals surface area contributed by atoms with Crippen LogP contribution in [0, 0.1) is 11.8 Å². The zero-order chi connectivity index (χ0) is 20.3. The highest BCUT2D eigenvalue weighted by atomic mass is 127. The van der Waals surface area contributed by atoms with Crippen LogP contribution in [0.25, 0.3) is 0 Å². The summed E-state index contributed by atoms with van der Waals surface area (Å²) in [6, 6.07) is 2.14. The molecule has 0 spiro atoms. The Bertz CT molecular complexity index is 787. The van der Waals surface area contributed by atoms with E-state index in [1.807, 2.05) is 6.92 Å². The fraction of sp³-hybridized carbons (Fsp3) is 0.800. The van der Waals surface area contributed by atoms with Gasteiger partial charge < -0.3 is 14.7 Å². The average Bonchev–Trinajstić information content (AvgIpc) is 3.32. The van der Waals surface area contributed by atoms with Gasteiger partial charge in [0, 0.05) is 44.8 Å². The number of hydrogen-bond acceptors (Lipinski definition) is 5. The van der Waals surface area contributed by atoms with E-state index in [1.165, 1.54) is 44.8 Å². The summed E-state index contributed by atoms with van der Waals surface area (Å²) in [5, 5.41) is 7.41. The van der Waals surface area contributed by atoms with Gasteiger partial charge in [0.05, 0.1) is 5.69 Å². The fourth-order valence-electron chi connectivity index (χ4n) is 4.78. The van der Waals surface area contributed by atoms with Gasteiger partial charge >= 0.3 is 0 Å². The maximum Gasteiger partial charge on any atom is 0.220 e. The van der Waals surface area contributed by atoms with Gasteiger partial charge in [-0.15, -0.1) is 24.0 Å². The first-order chi connectivity index (χ1) is 14.1. The zero-order valence-corrected chi connectivity index (χ0v) is 20.8. The van der Waals surface area contributed by atoms with E-state index < -0.39 is 10.0 Å². The third-order valence-corrected chi connectivity index (χ3v) is 8.28. The molecule has 0 amide bonds. The molecule has 2 atom stereocenters. The summed E-state index contributed by atoms with van der Waals surface area (Å²) in [5.41, 5.74) is 0.449. The van der Waals surface area contributed by atoms with E-state index in [0.717, 1.165) is 24.3 Å². The molecule has 0 aromatic carbocycles. The Morgan fingerprint density at radius 2 is 1.97 bits per heavy atom. The van der Waals surface area contributed by atoms with Crippen LogP contribution in [0.4, 0.5) is 0 Å². The molecule has 4 rings (SSSR count). The lowest BCUT2D eigenvalue weighted by molar-refractivity contribution is 0.258. The van der Waals surface area contributed by atoms with Gasteiger partial charge in [-0.1, -0.05) is 37.3 Å². The van der Waals surface area contributed by atoms with Crippen LogP contribution in [0.15, 0.2) is 21.8 Å². The Morgan fingerprint density at radius 1 is 1.23 bits per heavy atom. The number of nitrogens with one attached hydrogen (secondary N) is 1. The van der Waals surface area contributed by atoms with Crippen LogP contribution in [0.1, 0.15) is 51.1 Å². The maximum atomic E-state index is 12.6. The minimum absolute atomic E-state index is 0. The molecule has 2 unspecified atom stereocenters. The molecule has 1 aromatic rings. The van der Waals surface area contributed by atoms with Crippen LogP contribution >= 0.6 is 24.0 Å². The quantitative estimate of drug-likeness (QED) is 0.332. The molecule has 170 valence electrons. The molecule has 2 saturated carbocycles. The number of hydrogen-bond donors (Lipinski definition) is 1. The predicted octanol–water partition coefficient (Wildman–Crippen LogP) is 2.67. The molecular formula is C20H34IN5O3S. The molecule has 2 heterocycles. The van der Waals surface area contributed by atoms with Crippen LogP contribution in [-0.2, 0) is 15.8 Å². The minimum atomic E-state index is -3.38. The van der Waals surface area contributed by atoms with Gasteiger partial charge in [0.25, 0.3) is 0 Å². The van der Waals surface area contributed by atoms with Crippen LogP contribution in [-0.4, -0.2) is 67.5 Å². The van der Waals surface area contributed by atoms with E-state index in [-0.39, 0.29) is 29.7 Å². The number of halogens is 1. The van der Waals surface area contributed by atoms with Crippen molar-refractivity contribution >= 4 is 40.0 Å². The van der Waals surface area contributed by atoms with Crippen molar-refractivity contribution < 1.29 is 12.9 Å². The Kier molecular flexibility index (Phi) is 8.42. The number of aliphatic imine (C=N–C) groups is 1. The summed E-state index contributed by atoms with van der Waals surface area (Å²) in [6.07, 6.45) is 9.58. The first kappa shape index (κ1) is 23.8. The molecule has 1 saturated heterocycles. The van der Waals surface area contributed by atoms with E-state index in [0.29, 0.717) is 37.9 Å². The highest BCUT2D eigenvalue weighted by Gasteiger charge is 2.44. The lowest BCUT2D eigenvalue weighted by atomic mass is 9.85. The number of nitrogens with zero attached hydrogens (tertiary/aromatic N) is 4. The second-order valence-electron chi connectivity index (χ2n) is 8.48. The third-order valence-electron chi connectivity index (χ3n) is 6.47. The zero-order valence-electron chi connectivity index (χ0n) is 17.7. The molecule has 8 nitrogen and oxygen atoms in total. The molecule has 2 aliphatic carbocycles. The second kappa shape index (κ2) is 10.6. The van der Waals surface area contributed by atoms with E-state index >= 15 is 0 Å². The Morgan fingerprint density at radius 3 is 2.60 bits per heavy atom. The highest BCUT2D eigenvalue weighted by molar-refractivity contribution is 14.0. The van der Waals surface area contributed by atoms with Crippen molar-refractivity contribution in [3.63, 3.8) is 0 Å². The molecule has 1 aliphatic heterocycles. The Balaban J connectivity index is 0.00000256. The smallest absolute Gasteiger partial charge is 0.220 e. The van der Waals surface area contributed by atoms with Gasteiger partial charge in [0.1, 0.15) is 12.0 Å². The van der Waals surface area contributed by atoms with Crippen molar-refractivity contribution in [1.29, 1.82) is 0 Å². The molecule has 1 aromatic heterocycles. The van der Waals surface area contributed by atoms with Crippen LogP contribution in [0.2, 0.25) is 0 Å². The second-order valence-corrected chi connectivity index (χ2v) is 10.4. The van der Waals surface area contributed by atoms with Gasteiger partial charge in [-0.2, -0.15) is 4.31 Å². The van der Waals surface area contributed by atoms with Gasteiger partial charge in [-0.25, -0.2) is 8.42 Å². The van der Waals surface area contributed by atoms with Crippen molar-refractivity contribution in [2.45, 2.75) is 57.2 Å². The maximum absolute atomic E-state index is 12.6. The van der Waals surface area contributed by atoms with Crippen molar-refractivity contribution in [1.82, 2.24) is 19.7 Å². The van der Waals surface area contributed by atoms with Crippen LogP contribution in [0.3, 0.4) is 0 Å². The topological polar surface area (TPSA) is 91.0 Å². The number of piperazine rings is 1. The average molecular weight is 551 g/mol. The van der Waals surface area contributed by atoms with Gasteiger partial charge in [-0.05, 0) is 25.2 Å². The fourth-order valence-corrected chi connectivity index (χ4v) is 6.21. The van der Waals surface area contributed by atoms with Crippen LogP contribution in [0.5, 0.6) is 0 Å². The molecule has 1 N–H and O–H groups in total. The van der Waals surface area contributed by atoms with Crippen molar-refractivity contribution in [2.75, 3.05) is 32.7 Å². The van der Waals surface area contributed by atoms with Gasteiger partial charge in [0.2, 0.25) is 10.0 Å². The van der Waals surface area contributed by atoms with E-state index in [4.69, 9.17) is 9.52 Å². The summed E-state index contributed by atoms with van der Waals surface area (Å²) < 4.78 is 31.6. The molecule has 30 heavy (non-hydrogen) atoms. The number of rotatable bonds is 6. The summed E-state index contributed by atoms with van der Waals surface area (Å²) >= 11 is 0. The first-order valence-electron chi connectivity index (χ1n) is 11.0. The van der Waals surface area contributed by atoms with E-state index in [2.05, 4.69) is 15.4 Å². The molecule has 3 fully saturated rings. The Hall–Kier alpha value is -0.880. The molecule has 3 aliphatic rings. The molecule has 0 bridgehead atoms. The van der Waals surface area contributed by atoms with E-state index in [9.17, 15) is 8.42 Å². The molecular weight excluding hydrogens is 517 g/mol. The van der Waals surface area contributed by atoms with E-state index in [1.54, 1.807) is 10.4 Å². The third kappa shape index (κ3) is 5.87. The van der Waals surface area contributed by atoms with Crippen molar-refractivity contribution in [2.24, 2.45) is 16.8 Å². The number of aromatic nitrogens is 1. The summed E-state index contributed by atoms with van der Waals surface area (Å²) in [4.78, 5) is 6.91. The summed E-state index contributed by atoms with van der Waals surface area (Å²) in [5.74, 6) is 2.51. The number of sulfonamides is 1. The largest absolute Gasteiger partial charge is 0.364 e. The minimum Gasteiger partial charge on any atom is -0.364 e. The number of guanidine groups is 1. The SMILES string of the molecule is CCN=C(NC1CC1C1CCCCC1)N1CCN(S(=O)(=O)Cc2ccon2)CC1.I. The molecule has 0 radical (unpaired) electrons. The summed E-state index contributed by atoms with van der Waals surface area (Å²) in [7, 11) is -3.38. The Labute approximate surface area is 196 Å². The standard InChI is InChI=1S/C20H33N5O3S.HI/c1-2-21-20(22-19-14-18(19)16-6-4-3-5-7-16)24-9-11-25(12-10-24)29(26,27)15-17-8-13-28-23-17;/h8,13,16,18-19H,2-7,9-12,14-15H2,1H3,(H,21,22);1H. The molecule has 10 heteroatoms. The van der Waals surface area contributed by atoms with Gasteiger partial charge in [0.15, 0.2) is 5.96 Å². The lowest BCUT2D eigenvalue weighted by Gasteiger charge is -2.36. The van der Waals surface area contributed by atoms with Crippen LogP contribution < -0.4 is 5.32 Å². The monoisotopic (exact) mass is 551 g/mol. The van der Waals surface area contributed by atoms with Crippen molar-refractivity contribution in [3.8, 4) is 0 Å². The summed E-state index contributed by atoms with van der Waals surface area (Å²) in [6.45, 7) is 5.04. The highest BCUT2D eigenvalue weighted by Crippen LogP contribution is 2.44. The predicted molar refractivity (Wildman–Crippen MR) is 127 cm³/mol. The lowest BCUT2D eigenvalue weighted by Crippen LogP contribution is -2.54. The van der Waals surface area contributed by atoms with Gasteiger partial charge in [-0.3, -0.25) is 4.99 Å².